The molecule has 2 heterocycles. The number of aliphatic imine (C=N–C) groups is 1. The van der Waals surface area contributed by atoms with E-state index in [1.54, 1.807) is 7.11 Å². The molecule has 33 heavy (non-hydrogen) atoms. The Hall–Kier alpha value is -4.00. The summed E-state index contributed by atoms with van der Waals surface area (Å²) in [5.41, 5.74) is 2.43. The van der Waals surface area contributed by atoms with Crippen LogP contribution in [0, 0.1) is 0 Å². The number of nitrogens with zero attached hydrogens (tertiary/aromatic N) is 3. The topological polar surface area (TPSA) is 66.4 Å². The van der Waals surface area contributed by atoms with Crippen molar-refractivity contribution in [3.05, 3.63) is 78.4 Å². The third-order valence-electron chi connectivity index (χ3n) is 5.96. The Morgan fingerprint density at radius 3 is 2.61 bits per heavy atom. The van der Waals surface area contributed by atoms with Gasteiger partial charge in [0, 0.05) is 31.4 Å². The summed E-state index contributed by atoms with van der Waals surface area (Å²) in [7, 11) is 1.64. The van der Waals surface area contributed by atoms with Gasteiger partial charge >= 0.3 is 6.03 Å². The molecule has 0 aromatic heterocycles. The highest BCUT2D eigenvalue weighted by atomic mass is 16.5. The minimum atomic E-state index is -0.0908. The van der Waals surface area contributed by atoms with Gasteiger partial charge < -0.3 is 24.6 Å². The van der Waals surface area contributed by atoms with E-state index in [4.69, 9.17) is 14.5 Å². The fraction of sp³-hybridized carbons (Fsp3) is 0.231. The summed E-state index contributed by atoms with van der Waals surface area (Å²) >= 11 is 0. The third kappa shape index (κ3) is 4.09. The molecule has 3 aromatic rings. The number of amidine groups is 1. The maximum atomic E-state index is 12.9. The quantitative estimate of drug-likeness (QED) is 0.598. The van der Waals surface area contributed by atoms with Crippen LogP contribution in [0.3, 0.4) is 0 Å². The van der Waals surface area contributed by atoms with E-state index in [1.165, 1.54) is 0 Å². The van der Waals surface area contributed by atoms with Crippen molar-refractivity contribution >= 4 is 23.2 Å². The first-order valence-electron chi connectivity index (χ1n) is 11.0. The molecule has 1 atom stereocenters. The summed E-state index contributed by atoms with van der Waals surface area (Å²) in [6.07, 6.45) is 0. The molecule has 1 unspecified atom stereocenters. The Balaban J connectivity index is 1.43. The number of benzene rings is 3. The lowest BCUT2D eigenvalue weighted by molar-refractivity contribution is 0.145. The largest absolute Gasteiger partial charge is 0.493 e. The van der Waals surface area contributed by atoms with Gasteiger partial charge in [0.15, 0.2) is 17.2 Å². The molecule has 7 heteroatoms. The number of methoxy groups -OCH3 is 1. The first kappa shape index (κ1) is 20.9. The van der Waals surface area contributed by atoms with Crippen molar-refractivity contribution in [2.24, 2.45) is 4.99 Å². The van der Waals surface area contributed by atoms with E-state index in [1.807, 2.05) is 77.7 Å². The van der Waals surface area contributed by atoms with Gasteiger partial charge in [-0.2, -0.15) is 0 Å². The number of carbonyl (C=O) groups excluding carboxylic acids is 1. The second-order valence-electron chi connectivity index (χ2n) is 8.13. The SMILES string of the molecule is COc1cccc2c1Oc1ccccc1N=C2N1CCN(C(=O)Nc2ccccc2)C(C)C1. The number of fused-ring (bicyclic) bond motifs is 2. The Bertz CT molecular complexity index is 1200. The second kappa shape index (κ2) is 8.86. The number of nitrogens with one attached hydrogen (secondary N) is 1. The molecule has 2 aliphatic heterocycles. The summed E-state index contributed by atoms with van der Waals surface area (Å²) in [6.45, 7) is 3.95. The smallest absolute Gasteiger partial charge is 0.322 e. The van der Waals surface area contributed by atoms with E-state index < -0.39 is 0 Å². The molecule has 0 radical (unpaired) electrons. The predicted molar refractivity (Wildman–Crippen MR) is 129 cm³/mol. The summed E-state index contributed by atoms with van der Waals surface area (Å²) in [4.78, 5) is 22.0. The number of amides is 2. The maximum absolute atomic E-state index is 12.9. The Kier molecular flexibility index (Phi) is 5.60. The van der Waals surface area contributed by atoms with Gasteiger partial charge in [-0.1, -0.05) is 36.4 Å². The van der Waals surface area contributed by atoms with Crippen LogP contribution < -0.4 is 14.8 Å². The average Bonchev–Trinajstić information content (AvgIpc) is 3.01. The van der Waals surface area contributed by atoms with Gasteiger partial charge in [0.2, 0.25) is 0 Å². The molecule has 2 amide bonds. The predicted octanol–water partition coefficient (Wildman–Crippen LogP) is 5.12. The molecule has 168 valence electrons. The van der Waals surface area contributed by atoms with E-state index in [2.05, 4.69) is 17.1 Å². The van der Waals surface area contributed by atoms with Gasteiger partial charge in [-0.25, -0.2) is 9.79 Å². The number of rotatable bonds is 2. The van der Waals surface area contributed by atoms with Crippen LogP contribution in [0.5, 0.6) is 17.2 Å². The van der Waals surface area contributed by atoms with Crippen LogP contribution in [0.15, 0.2) is 77.8 Å². The molecule has 2 aliphatic rings. The van der Waals surface area contributed by atoms with Gasteiger partial charge in [0.25, 0.3) is 0 Å². The molecule has 1 N–H and O–H groups in total. The van der Waals surface area contributed by atoms with Gasteiger partial charge in [0.1, 0.15) is 11.5 Å². The van der Waals surface area contributed by atoms with Crippen molar-refractivity contribution < 1.29 is 14.3 Å². The van der Waals surface area contributed by atoms with E-state index in [0.717, 1.165) is 22.8 Å². The van der Waals surface area contributed by atoms with Crippen LogP contribution in [-0.4, -0.2) is 54.5 Å². The molecule has 0 spiro atoms. The first-order valence-corrected chi connectivity index (χ1v) is 11.0. The van der Waals surface area contributed by atoms with Crippen LogP contribution in [0.25, 0.3) is 0 Å². The van der Waals surface area contributed by atoms with Crippen molar-refractivity contribution in [1.82, 2.24) is 9.80 Å². The highest BCUT2D eigenvalue weighted by Gasteiger charge is 2.32. The Morgan fingerprint density at radius 2 is 1.82 bits per heavy atom. The highest BCUT2D eigenvalue weighted by Crippen LogP contribution is 2.42. The third-order valence-corrected chi connectivity index (χ3v) is 5.96. The number of hydrogen-bond donors (Lipinski definition) is 1. The lowest BCUT2D eigenvalue weighted by atomic mass is 10.1. The van der Waals surface area contributed by atoms with Gasteiger partial charge in [-0.3, -0.25) is 0 Å². The van der Waals surface area contributed by atoms with E-state index >= 15 is 0 Å². The molecule has 3 aromatic carbocycles. The highest BCUT2D eigenvalue weighted by molar-refractivity contribution is 6.04. The van der Waals surface area contributed by atoms with Crippen molar-refractivity contribution in [3.63, 3.8) is 0 Å². The molecular formula is C26H26N4O3. The minimum Gasteiger partial charge on any atom is -0.493 e. The van der Waals surface area contributed by atoms with Crippen molar-refractivity contribution in [3.8, 4) is 17.2 Å². The number of para-hydroxylation sites is 4. The molecule has 1 fully saturated rings. The zero-order chi connectivity index (χ0) is 22.8. The van der Waals surface area contributed by atoms with E-state index in [0.29, 0.717) is 36.9 Å². The number of anilines is 1. The number of hydrogen-bond acceptors (Lipinski definition) is 5. The van der Waals surface area contributed by atoms with Crippen LogP contribution in [0.1, 0.15) is 12.5 Å². The zero-order valence-corrected chi connectivity index (χ0v) is 18.7. The molecule has 0 bridgehead atoms. The fourth-order valence-electron chi connectivity index (χ4n) is 4.29. The van der Waals surface area contributed by atoms with Gasteiger partial charge in [-0.05, 0) is 43.3 Å². The van der Waals surface area contributed by atoms with Gasteiger partial charge in [0.05, 0.1) is 12.7 Å². The summed E-state index contributed by atoms with van der Waals surface area (Å²) in [5, 5.41) is 2.99. The molecular weight excluding hydrogens is 416 g/mol. The van der Waals surface area contributed by atoms with Crippen LogP contribution in [0.4, 0.5) is 16.2 Å². The zero-order valence-electron chi connectivity index (χ0n) is 18.7. The number of piperazine rings is 1. The molecule has 1 saturated heterocycles. The molecule has 5 rings (SSSR count). The molecule has 0 aliphatic carbocycles. The molecule has 7 nitrogen and oxygen atoms in total. The van der Waals surface area contributed by atoms with Crippen molar-refractivity contribution in [2.75, 3.05) is 32.1 Å². The fourth-order valence-corrected chi connectivity index (χ4v) is 4.29. The van der Waals surface area contributed by atoms with Crippen molar-refractivity contribution in [2.45, 2.75) is 13.0 Å². The Morgan fingerprint density at radius 1 is 1.03 bits per heavy atom. The van der Waals surface area contributed by atoms with Gasteiger partial charge in [-0.15, -0.1) is 0 Å². The molecule has 0 saturated carbocycles. The Labute approximate surface area is 193 Å². The maximum Gasteiger partial charge on any atom is 0.322 e. The number of ether oxygens (including phenoxy) is 2. The van der Waals surface area contributed by atoms with E-state index in [9.17, 15) is 4.79 Å². The lowest BCUT2D eigenvalue weighted by Crippen LogP contribution is -2.56. The monoisotopic (exact) mass is 442 g/mol. The average molecular weight is 443 g/mol. The van der Waals surface area contributed by atoms with Crippen LogP contribution >= 0.6 is 0 Å². The summed E-state index contributed by atoms with van der Waals surface area (Å²) in [6, 6.07) is 23.0. The summed E-state index contributed by atoms with van der Waals surface area (Å²) in [5.74, 6) is 2.82. The van der Waals surface area contributed by atoms with Crippen molar-refractivity contribution in [1.29, 1.82) is 0 Å². The van der Waals surface area contributed by atoms with E-state index in [-0.39, 0.29) is 12.1 Å². The number of carbonyl (C=O) groups is 1. The van der Waals surface area contributed by atoms with Crippen LogP contribution in [0.2, 0.25) is 0 Å². The first-order chi connectivity index (χ1) is 16.1. The standard InChI is InChI=1S/C26H26N4O3/c1-18-17-29(15-16-30(18)26(31)27-19-9-4-3-5-10-19)25-20-11-8-14-23(32-2)24(20)33-22-13-7-6-12-21(22)28-25/h3-14,18H,15-17H2,1-2H3,(H,27,31). The minimum absolute atomic E-state index is 0.00126. The number of urea groups is 1. The van der Waals surface area contributed by atoms with Crippen LogP contribution in [-0.2, 0) is 0 Å². The normalized spacial score (nSPS) is 17.2. The lowest BCUT2D eigenvalue weighted by Gasteiger charge is -2.41. The second-order valence-corrected chi connectivity index (χ2v) is 8.13. The summed E-state index contributed by atoms with van der Waals surface area (Å²) < 4.78 is 11.8.